The third-order valence-electron chi connectivity index (χ3n) is 10.9. The minimum absolute atomic E-state index is 0.0180. The van der Waals surface area contributed by atoms with Gasteiger partial charge >= 0.3 is 11.9 Å². The monoisotopic (exact) mass is 666 g/mol. The maximum Gasteiger partial charge on any atom is 0.338 e. The van der Waals surface area contributed by atoms with Crippen LogP contribution >= 0.6 is 0 Å². The summed E-state index contributed by atoms with van der Waals surface area (Å²) < 4.78 is 17.8. The summed E-state index contributed by atoms with van der Waals surface area (Å²) in [5, 5.41) is 59.9. The van der Waals surface area contributed by atoms with Crippen LogP contribution in [0.4, 0.5) is 0 Å². The van der Waals surface area contributed by atoms with Gasteiger partial charge in [-0.2, -0.15) is 0 Å². The lowest BCUT2D eigenvalue weighted by molar-refractivity contribution is -0.284. The minimum Gasteiger partial charge on any atom is -0.455 e. The summed E-state index contributed by atoms with van der Waals surface area (Å²) in [6.45, 7) is 9.53. The molecule has 11 unspecified atom stereocenters. The normalized spacial score (nSPS) is 40.1. The van der Waals surface area contributed by atoms with E-state index in [0.29, 0.717) is 0 Å². The van der Waals surface area contributed by atoms with E-state index in [2.05, 4.69) is 13.5 Å². The van der Waals surface area contributed by atoms with Crippen LogP contribution in [-0.2, 0) is 23.8 Å². The quantitative estimate of drug-likeness (QED) is 0.0584. The number of unbranched alkanes of at least 4 members (excludes halogenated alkanes) is 3. The first kappa shape index (κ1) is 35.8. The topological polar surface area (TPSA) is 183 Å². The van der Waals surface area contributed by atoms with Gasteiger partial charge in [0.05, 0.1) is 23.7 Å². The SMILES string of the molecule is C=C(C)C1(O)C(OC(=O)c2ccccc2)C(C)C2(O)C(C3OC3(CO)C(O)C3(O)C(=O)C(C)=CC32)C1OC(=O)C=CC=CCCCCC. The Balaban J connectivity index is 1.65. The summed E-state index contributed by atoms with van der Waals surface area (Å²) in [6, 6.07) is 7.94. The Morgan fingerprint density at radius 1 is 1.06 bits per heavy atom. The second kappa shape index (κ2) is 13.1. The molecule has 1 aromatic carbocycles. The Bertz CT molecular complexity index is 1530. The lowest BCUT2D eigenvalue weighted by atomic mass is 9.53. The maximum atomic E-state index is 13.6. The van der Waals surface area contributed by atoms with Crippen LogP contribution in [0.25, 0.3) is 0 Å². The van der Waals surface area contributed by atoms with Crippen LogP contribution in [0.15, 0.2) is 78.4 Å². The summed E-state index contributed by atoms with van der Waals surface area (Å²) in [6.07, 6.45) is 4.69. The highest BCUT2D eigenvalue weighted by molar-refractivity contribution is 6.05. The Labute approximate surface area is 280 Å². The molecular weight excluding hydrogens is 620 g/mol. The van der Waals surface area contributed by atoms with Crippen molar-refractivity contribution in [3.63, 3.8) is 0 Å². The third-order valence-corrected chi connectivity index (χ3v) is 10.9. The molecule has 0 amide bonds. The van der Waals surface area contributed by atoms with Gasteiger partial charge in [0.25, 0.3) is 0 Å². The predicted molar refractivity (Wildman–Crippen MR) is 173 cm³/mol. The van der Waals surface area contributed by atoms with Crippen molar-refractivity contribution < 1.29 is 54.1 Å². The van der Waals surface area contributed by atoms with Crippen LogP contribution in [0, 0.1) is 17.8 Å². The molecule has 4 aliphatic rings. The molecule has 3 fully saturated rings. The number of hydrogen-bond donors (Lipinski definition) is 5. The fourth-order valence-electron chi connectivity index (χ4n) is 8.16. The fourth-order valence-corrected chi connectivity index (χ4v) is 8.16. The molecule has 1 aliphatic heterocycles. The summed E-state index contributed by atoms with van der Waals surface area (Å²) in [7, 11) is 0. The van der Waals surface area contributed by atoms with Crippen molar-refractivity contribution in [2.24, 2.45) is 17.8 Å². The number of benzene rings is 1. The van der Waals surface area contributed by atoms with E-state index in [4.69, 9.17) is 14.2 Å². The van der Waals surface area contributed by atoms with Crippen LogP contribution in [-0.4, -0.2) is 96.7 Å². The van der Waals surface area contributed by atoms with Gasteiger partial charge in [-0.1, -0.05) is 75.8 Å². The number of esters is 2. The molecule has 48 heavy (non-hydrogen) atoms. The molecule has 1 aromatic rings. The summed E-state index contributed by atoms with van der Waals surface area (Å²) >= 11 is 0. The average Bonchev–Trinajstić information content (AvgIpc) is 3.76. The zero-order chi connectivity index (χ0) is 35.2. The zero-order valence-corrected chi connectivity index (χ0v) is 27.7. The molecule has 1 heterocycles. The first-order valence-electron chi connectivity index (χ1n) is 16.5. The van der Waals surface area contributed by atoms with E-state index < -0.39 is 88.9 Å². The predicted octanol–water partition coefficient (Wildman–Crippen LogP) is 2.50. The van der Waals surface area contributed by atoms with Gasteiger partial charge in [0.1, 0.15) is 30.0 Å². The highest BCUT2D eigenvalue weighted by Gasteiger charge is 2.85. The molecule has 0 radical (unpaired) electrons. The molecule has 3 aliphatic carbocycles. The standard InChI is InChI=1S/C37H46O11/c1-6-7-8-9-10-11-15-18-26(39)46-31-27-30-34(20-38,48-30)33(42)37(45)25(19-22(4)28(37)40)36(27,44)23(5)29(35(31,43)21(2)3)47-32(41)24-16-13-12-14-17-24/h10-19,23,25,27,29-31,33,38,42-45H,2,6-9,20H2,1,3-5H3. The van der Waals surface area contributed by atoms with Crippen molar-refractivity contribution in [2.45, 2.75) is 100 Å². The van der Waals surface area contributed by atoms with E-state index in [9.17, 15) is 39.9 Å². The highest BCUT2D eigenvalue weighted by Crippen LogP contribution is 2.66. The van der Waals surface area contributed by atoms with Gasteiger partial charge in [0.15, 0.2) is 17.0 Å². The second-order valence-electron chi connectivity index (χ2n) is 13.7. The van der Waals surface area contributed by atoms with Crippen molar-refractivity contribution in [2.75, 3.05) is 6.61 Å². The van der Waals surface area contributed by atoms with Gasteiger partial charge in [-0.3, -0.25) is 4.79 Å². The Morgan fingerprint density at radius 3 is 2.38 bits per heavy atom. The number of fused-ring (bicyclic) bond motifs is 5. The number of carbonyl (C=O) groups is 3. The van der Waals surface area contributed by atoms with Crippen LogP contribution < -0.4 is 0 Å². The van der Waals surface area contributed by atoms with Gasteiger partial charge in [0, 0.05) is 17.9 Å². The summed E-state index contributed by atoms with van der Waals surface area (Å²) in [5.74, 6) is -7.00. The number of aliphatic hydroxyl groups excluding tert-OH is 2. The molecule has 2 saturated carbocycles. The largest absolute Gasteiger partial charge is 0.455 e. The van der Waals surface area contributed by atoms with Gasteiger partial charge in [-0.15, -0.1) is 0 Å². The van der Waals surface area contributed by atoms with Gasteiger partial charge < -0.3 is 39.7 Å². The first-order chi connectivity index (χ1) is 22.7. The summed E-state index contributed by atoms with van der Waals surface area (Å²) in [4.78, 5) is 40.5. The average molecular weight is 667 g/mol. The molecule has 5 N–H and O–H groups in total. The number of allylic oxidation sites excluding steroid dienone is 3. The van der Waals surface area contributed by atoms with Crippen LogP contribution in [0.5, 0.6) is 0 Å². The van der Waals surface area contributed by atoms with E-state index in [-0.39, 0.29) is 16.7 Å². The van der Waals surface area contributed by atoms with Gasteiger partial charge in [-0.05, 0) is 50.0 Å². The summed E-state index contributed by atoms with van der Waals surface area (Å²) in [5.41, 5.74) is -9.14. The highest BCUT2D eigenvalue weighted by atomic mass is 16.6. The third kappa shape index (κ3) is 5.32. The van der Waals surface area contributed by atoms with E-state index in [1.165, 1.54) is 45.1 Å². The maximum absolute atomic E-state index is 13.6. The molecule has 0 spiro atoms. The lowest BCUT2D eigenvalue weighted by Crippen LogP contribution is -2.76. The van der Waals surface area contributed by atoms with E-state index in [0.717, 1.165) is 31.8 Å². The number of carbonyl (C=O) groups excluding carboxylic acids is 3. The molecule has 0 bridgehead atoms. The molecular formula is C37H46O11. The van der Waals surface area contributed by atoms with Crippen LogP contribution in [0.1, 0.15) is 63.7 Å². The van der Waals surface area contributed by atoms with E-state index in [1.54, 1.807) is 24.3 Å². The van der Waals surface area contributed by atoms with Gasteiger partial charge in [-0.25, -0.2) is 9.59 Å². The fraction of sp³-hybridized carbons (Fsp3) is 0.541. The molecule has 11 nitrogen and oxygen atoms in total. The number of ether oxygens (including phenoxy) is 3. The van der Waals surface area contributed by atoms with E-state index in [1.807, 2.05) is 6.08 Å². The van der Waals surface area contributed by atoms with Crippen LogP contribution in [0.3, 0.4) is 0 Å². The first-order valence-corrected chi connectivity index (χ1v) is 16.5. The lowest BCUT2D eigenvalue weighted by Gasteiger charge is -2.59. The molecule has 0 aromatic heterocycles. The number of ketones is 1. The van der Waals surface area contributed by atoms with Gasteiger partial charge in [0.2, 0.25) is 0 Å². The Morgan fingerprint density at radius 2 is 1.75 bits per heavy atom. The minimum atomic E-state index is -2.68. The number of hydrogen-bond acceptors (Lipinski definition) is 11. The van der Waals surface area contributed by atoms with E-state index >= 15 is 0 Å². The smallest absolute Gasteiger partial charge is 0.338 e. The van der Waals surface area contributed by atoms with Crippen molar-refractivity contribution >= 4 is 17.7 Å². The number of aliphatic hydroxyl groups is 5. The zero-order valence-electron chi connectivity index (χ0n) is 27.7. The van der Waals surface area contributed by atoms with Crippen molar-refractivity contribution in [3.05, 3.63) is 84.0 Å². The Kier molecular flexibility index (Phi) is 9.79. The second-order valence-corrected chi connectivity index (χ2v) is 13.7. The molecule has 1 saturated heterocycles. The molecule has 5 rings (SSSR count). The molecule has 11 atom stereocenters. The molecule has 11 heteroatoms. The Hall–Kier alpha value is -3.45. The molecule has 260 valence electrons. The van der Waals surface area contributed by atoms with Crippen molar-refractivity contribution in [1.82, 2.24) is 0 Å². The van der Waals surface area contributed by atoms with Crippen molar-refractivity contribution in [3.8, 4) is 0 Å². The number of epoxide rings is 1. The number of Topliss-reactive ketones (excluding diaryl/α,β-unsaturated/α-hetero) is 1. The van der Waals surface area contributed by atoms with Crippen LogP contribution in [0.2, 0.25) is 0 Å². The van der Waals surface area contributed by atoms with Crippen molar-refractivity contribution in [1.29, 1.82) is 0 Å². The number of rotatable bonds is 11.